The maximum absolute atomic E-state index is 16.1. The summed E-state index contributed by atoms with van der Waals surface area (Å²) in [6, 6.07) is 7.70. The summed E-state index contributed by atoms with van der Waals surface area (Å²) >= 11 is 1.32. The number of hydrogen-bond acceptors (Lipinski definition) is 11. The molecule has 0 spiro atoms. The first-order chi connectivity index (χ1) is 20.7. The van der Waals surface area contributed by atoms with Crippen LogP contribution in [0.5, 0.6) is 5.75 Å². The fourth-order valence-electron chi connectivity index (χ4n) is 3.82. The van der Waals surface area contributed by atoms with Crippen LogP contribution in [0.1, 0.15) is 32.7 Å². The van der Waals surface area contributed by atoms with Crippen molar-refractivity contribution in [2.45, 2.75) is 44.2 Å². The number of hydrogen-bond donors (Lipinski definition) is 3. The van der Waals surface area contributed by atoms with E-state index in [0.29, 0.717) is 22.1 Å². The van der Waals surface area contributed by atoms with E-state index in [9.17, 15) is 17.6 Å². The zero-order chi connectivity index (χ0) is 32.2. The SMILES string of the molecule is COC(=O)N[C@@H](C)CNc1nccc(-c2sc(C(C)(C)C)nc2-c2cccc(NS(=O)(=O)c3ccc(OC)c(F)n3)c2F)n1. The molecule has 3 aromatic heterocycles. The predicted octanol–water partition coefficient (Wildman–Crippen LogP) is 5.20. The highest BCUT2D eigenvalue weighted by atomic mass is 32.2. The van der Waals surface area contributed by atoms with Gasteiger partial charge in [-0.15, -0.1) is 11.3 Å². The van der Waals surface area contributed by atoms with Gasteiger partial charge in [-0.3, -0.25) is 4.72 Å². The van der Waals surface area contributed by atoms with Crippen molar-refractivity contribution in [3.05, 3.63) is 59.4 Å². The number of aromatic nitrogens is 4. The van der Waals surface area contributed by atoms with E-state index in [2.05, 4.69) is 35.0 Å². The van der Waals surface area contributed by atoms with Gasteiger partial charge < -0.3 is 20.1 Å². The van der Waals surface area contributed by atoms with E-state index in [1.54, 1.807) is 13.0 Å². The number of anilines is 2. The molecular weight excluding hydrogens is 616 g/mol. The van der Waals surface area contributed by atoms with Crippen LogP contribution in [0.4, 0.5) is 25.2 Å². The molecule has 0 fully saturated rings. The third-order valence-electron chi connectivity index (χ3n) is 6.06. The smallest absolute Gasteiger partial charge is 0.407 e. The zero-order valence-corrected chi connectivity index (χ0v) is 26.4. The molecule has 12 nitrogen and oxygen atoms in total. The number of methoxy groups -OCH3 is 2. The Kier molecular flexibility index (Phi) is 9.63. The Morgan fingerprint density at radius 2 is 1.82 bits per heavy atom. The minimum absolute atomic E-state index is 0.0184. The fraction of sp³-hybridized carbons (Fsp3) is 0.321. The number of alkyl carbamates (subject to hydrolysis) is 1. The lowest BCUT2D eigenvalue weighted by molar-refractivity contribution is 0.168. The Labute approximate surface area is 257 Å². The van der Waals surface area contributed by atoms with Gasteiger partial charge in [0, 0.05) is 29.8 Å². The minimum Gasteiger partial charge on any atom is -0.492 e. The Morgan fingerprint density at radius 3 is 2.48 bits per heavy atom. The van der Waals surface area contributed by atoms with Crippen molar-refractivity contribution in [2.75, 3.05) is 30.8 Å². The van der Waals surface area contributed by atoms with Crippen LogP contribution in [0.15, 0.2) is 47.6 Å². The summed E-state index contributed by atoms with van der Waals surface area (Å²) < 4.78 is 67.7. The second-order valence-electron chi connectivity index (χ2n) is 10.5. The Balaban J connectivity index is 1.71. The number of rotatable bonds is 10. The number of thiazole rings is 1. The largest absolute Gasteiger partial charge is 0.492 e. The van der Waals surface area contributed by atoms with Crippen molar-refractivity contribution in [3.63, 3.8) is 0 Å². The summed E-state index contributed by atoms with van der Waals surface area (Å²) in [6.45, 7) is 7.96. The Hall–Kier alpha value is -4.44. The molecule has 0 unspecified atom stereocenters. The van der Waals surface area contributed by atoms with Crippen LogP contribution in [0.2, 0.25) is 0 Å². The van der Waals surface area contributed by atoms with Crippen LogP contribution in [-0.2, 0) is 20.2 Å². The zero-order valence-electron chi connectivity index (χ0n) is 24.7. The van der Waals surface area contributed by atoms with Gasteiger partial charge in [-0.05, 0) is 37.3 Å². The van der Waals surface area contributed by atoms with Crippen LogP contribution in [0, 0.1) is 11.8 Å². The van der Waals surface area contributed by atoms with Crippen molar-refractivity contribution < 1.29 is 31.5 Å². The molecule has 1 aromatic carbocycles. The quantitative estimate of drug-likeness (QED) is 0.195. The number of benzene rings is 1. The third kappa shape index (κ3) is 7.37. The van der Waals surface area contributed by atoms with E-state index in [1.165, 1.54) is 50.0 Å². The second-order valence-corrected chi connectivity index (χ2v) is 13.2. The van der Waals surface area contributed by atoms with E-state index in [1.807, 2.05) is 20.8 Å². The molecule has 234 valence electrons. The molecule has 16 heteroatoms. The molecule has 1 amide bonds. The normalized spacial score (nSPS) is 12.4. The summed E-state index contributed by atoms with van der Waals surface area (Å²) in [4.78, 5) is 29.0. The molecule has 0 bridgehead atoms. The maximum atomic E-state index is 16.1. The molecule has 0 aliphatic carbocycles. The molecule has 0 saturated carbocycles. The monoisotopic (exact) mass is 647 g/mol. The lowest BCUT2D eigenvalue weighted by Gasteiger charge is -2.14. The lowest BCUT2D eigenvalue weighted by Crippen LogP contribution is -2.37. The fourth-order valence-corrected chi connectivity index (χ4v) is 5.93. The number of nitrogens with one attached hydrogen (secondary N) is 3. The van der Waals surface area contributed by atoms with E-state index >= 15 is 4.39 Å². The molecular formula is C28H31F2N7O5S2. The highest BCUT2D eigenvalue weighted by Gasteiger charge is 2.27. The average Bonchev–Trinajstić information content (AvgIpc) is 3.43. The number of carbonyl (C=O) groups is 1. The Bertz CT molecular complexity index is 1780. The standard InChI is InChI=1S/C28H31F2N7O5S2/c1-15(33-27(38)42-6)14-32-26-31-13-12-18(34-26)23-22(36-25(43-23)28(2,3)4)16-8-7-9-17(21(16)29)37-44(39,40)20-11-10-19(41-5)24(30)35-20/h7-13,15,37H,14H2,1-6H3,(H,33,38)(H,31,32,34)/t15-/m0/s1. The van der Waals surface area contributed by atoms with Gasteiger partial charge in [-0.1, -0.05) is 26.8 Å². The van der Waals surface area contributed by atoms with E-state index < -0.39 is 38.3 Å². The molecule has 44 heavy (non-hydrogen) atoms. The van der Waals surface area contributed by atoms with Crippen molar-refractivity contribution in [1.82, 2.24) is 25.3 Å². The van der Waals surface area contributed by atoms with Crippen LogP contribution < -0.4 is 20.1 Å². The number of sulfonamides is 1. The first kappa shape index (κ1) is 32.5. The van der Waals surface area contributed by atoms with Gasteiger partial charge in [0.15, 0.2) is 16.6 Å². The molecule has 0 radical (unpaired) electrons. The van der Waals surface area contributed by atoms with Gasteiger partial charge in [0.1, 0.15) is 0 Å². The molecule has 4 rings (SSSR count). The van der Waals surface area contributed by atoms with Crippen molar-refractivity contribution in [1.29, 1.82) is 0 Å². The number of ether oxygens (including phenoxy) is 2. The molecule has 3 heterocycles. The summed E-state index contributed by atoms with van der Waals surface area (Å²) in [6.07, 6.45) is 0.961. The van der Waals surface area contributed by atoms with Gasteiger partial charge >= 0.3 is 6.09 Å². The van der Waals surface area contributed by atoms with Crippen molar-refractivity contribution >= 4 is 39.1 Å². The molecule has 3 N–H and O–H groups in total. The van der Waals surface area contributed by atoms with E-state index in [4.69, 9.17) is 9.72 Å². The van der Waals surface area contributed by atoms with E-state index in [0.717, 1.165) is 12.1 Å². The first-order valence-electron chi connectivity index (χ1n) is 13.2. The number of carbonyl (C=O) groups excluding carboxylic acids is 1. The van der Waals surface area contributed by atoms with Crippen molar-refractivity contribution in [3.8, 4) is 27.6 Å². The number of nitrogens with zero attached hydrogens (tertiary/aromatic N) is 4. The molecule has 0 aliphatic rings. The lowest BCUT2D eigenvalue weighted by atomic mass is 9.98. The van der Waals surface area contributed by atoms with Gasteiger partial charge in [0.25, 0.3) is 16.0 Å². The van der Waals surface area contributed by atoms with Gasteiger partial charge in [0.05, 0.1) is 41.2 Å². The molecule has 0 aliphatic heterocycles. The van der Waals surface area contributed by atoms with Crippen LogP contribution in [-0.4, -0.2) is 61.3 Å². The van der Waals surface area contributed by atoms with Crippen LogP contribution in [0.3, 0.4) is 0 Å². The highest BCUT2D eigenvalue weighted by Crippen LogP contribution is 2.42. The highest BCUT2D eigenvalue weighted by molar-refractivity contribution is 7.92. The summed E-state index contributed by atoms with van der Waals surface area (Å²) in [5, 5.41) is 5.73. The van der Waals surface area contributed by atoms with Crippen molar-refractivity contribution in [2.24, 2.45) is 0 Å². The molecule has 1 atom stereocenters. The predicted molar refractivity (Wildman–Crippen MR) is 162 cm³/mol. The number of amides is 1. The van der Waals surface area contributed by atoms with E-state index in [-0.39, 0.29) is 34.7 Å². The Morgan fingerprint density at radius 1 is 1.07 bits per heavy atom. The summed E-state index contributed by atoms with van der Waals surface area (Å²) in [5.74, 6) is -2.00. The average molecular weight is 648 g/mol. The van der Waals surface area contributed by atoms with Gasteiger partial charge in [0.2, 0.25) is 5.95 Å². The first-order valence-corrected chi connectivity index (χ1v) is 15.5. The summed E-state index contributed by atoms with van der Waals surface area (Å²) in [5.41, 5.74) is -0.0702. The van der Waals surface area contributed by atoms with Gasteiger partial charge in [-0.2, -0.15) is 12.8 Å². The second kappa shape index (κ2) is 13.1. The third-order valence-corrected chi connectivity index (χ3v) is 8.83. The molecule has 4 aromatic rings. The van der Waals surface area contributed by atoms with Crippen LogP contribution in [0.25, 0.3) is 21.8 Å². The maximum Gasteiger partial charge on any atom is 0.407 e. The summed E-state index contributed by atoms with van der Waals surface area (Å²) in [7, 11) is -1.98. The van der Waals surface area contributed by atoms with Crippen LogP contribution >= 0.6 is 11.3 Å². The molecule has 0 saturated heterocycles. The number of halogens is 2. The minimum atomic E-state index is -4.47. The topological polar surface area (TPSA) is 157 Å². The number of pyridine rings is 1. The van der Waals surface area contributed by atoms with Gasteiger partial charge in [-0.25, -0.2) is 29.1 Å².